The van der Waals surface area contributed by atoms with E-state index >= 15 is 0 Å². The minimum absolute atomic E-state index is 0.445. The maximum absolute atomic E-state index is 13.0. The molecular formula is C9H9FO5S. The van der Waals surface area contributed by atoms with Crippen molar-refractivity contribution in [3.63, 3.8) is 0 Å². The lowest BCUT2D eigenvalue weighted by molar-refractivity contribution is 0.0696. The summed E-state index contributed by atoms with van der Waals surface area (Å²) in [4.78, 5) is 10.1. The smallest absolute Gasteiger partial charge is 0.335 e. The van der Waals surface area contributed by atoms with E-state index in [-0.39, 0.29) is 0 Å². The number of carbonyl (C=O) groups is 1. The number of hydrogen-bond acceptors (Lipinski definition) is 4. The number of aliphatic hydroxyl groups excluding tert-OH is 1. The number of halogens is 1. The maximum atomic E-state index is 13.0. The summed E-state index contributed by atoms with van der Waals surface area (Å²) in [6, 6.07) is 2.30. The molecule has 0 aromatic heterocycles. The van der Waals surface area contributed by atoms with Gasteiger partial charge in [-0.15, -0.1) is 0 Å². The molecule has 0 unspecified atom stereocenters. The fraction of sp³-hybridized carbons (Fsp3) is 0.222. The van der Waals surface area contributed by atoms with Crippen molar-refractivity contribution in [2.45, 2.75) is 4.90 Å². The highest BCUT2D eigenvalue weighted by Crippen LogP contribution is 2.15. The largest absolute Gasteiger partial charge is 0.478 e. The van der Waals surface area contributed by atoms with Crippen molar-refractivity contribution in [3.8, 4) is 0 Å². The molecule has 88 valence electrons. The third-order valence-corrected chi connectivity index (χ3v) is 3.51. The Labute approximate surface area is 91.1 Å². The summed E-state index contributed by atoms with van der Waals surface area (Å²) >= 11 is 0. The summed E-state index contributed by atoms with van der Waals surface area (Å²) < 4.78 is 35.8. The number of carboxylic acid groups (broad SMARTS) is 1. The Bertz CT molecular complexity index is 509. The first-order valence-electron chi connectivity index (χ1n) is 4.24. The van der Waals surface area contributed by atoms with Crippen LogP contribution < -0.4 is 0 Å². The molecular weight excluding hydrogens is 239 g/mol. The van der Waals surface area contributed by atoms with Gasteiger partial charge >= 0.3 is 5.97 Å². The molecule has 0 saturated carbocycles. The highest BCUT2D eigenvalue weighted by Gasteiger charge is 2.17. The van der Waals surface area contributed by atoms with Gasteiger partial charge in [-0.3, -0.25) is 0 Å². The molecule has 0 radical (unpaired) electrons. The van der Waals surface area contributed by atoms with Crippen molar-refractivity contribution in [2.75, 3.05) is 12.4 Å². The molecule has 0 aliphatic carbocycles. The van der Waals surface area contributed by atoms with E-state index in [0.717, 1.165) is 18.2 Å². The van der Waals surface area contributed by atoms with E-state index in [2.05, 4.69) is 0 Å². The van der Waals surface area contributed by atoms with Crippen molar-refractivity contribution in [1.29, 1.82) is 0 Å². The fourth-order valence-corrected chi connectivity index (χ4v) is 2.18. The lowest BCUT2D eigenvalue weighted by Gasteiger charge is -2.04. The van der Waals surface area contributed by atoms with E-state index in [1.807, 2.05) is 0 Å². The van der Waals surface area contributed by atoms with Crippen LogP contribution in [-0.4, -0.2) is 37.0 Å². The quantitative estimate of drug-likeness (QED) is 0.799. The number of sulfone groups is 1. The zero-order valence-corrected chi connectivity index (χ0v) is 8.87. The highest BCUT2D eigenvalue weighted by atomic mass is 32.2. The van der Waals surface area contributed by atoms with E-state index in [4.69, 9.17) is 10.2 Å². The number of benzene rings is 1. The van der Waals surface area contributed by atoms with Gasteiger partial charge in [-0.25, -0.2) is 17.6 Å². The first-order chi connectivity index (χ1) is 7.36. The van der Waals surface area contributed by atoms with Crippen molar-refractivity contribution < 1.29 is 27.8 Å². The molecule has 0 aliphatic rings. The average molecular weight is 248 g/mol. The van der Waals surface area contributed by atoms with Gasteiger partial charge in [0.2, 0.25) is 0 Å². The van der Waals surface area contributed by atoms with Crippen LogP contribution in [0.4, 0.5) is 4.39 Å². The average Bonchev–Trinajstić information content (AvgIpc) is 2.16. The lowest BCUT2D eigenvalue weighted by atomic mass is 10.2. The van der Waals surface area contributed by atoms with Gasteiger partial charge in [-0.1, -0.05) is 0 Å². The van der Waals surface area contributed by atoms with Crippen molar-refractivity contribution in [3.05, 3.63) is 29.6 Å². The van der Waals surface area contributed by atoms with Crippen LogP contribution in [0.2, 0.25) is 0 Å². The summed E-state index contributed by atoms with van der Waals surface area (Å²) in [5.74, 6) is -2.94. The van der Waals surface area contributed by atoms with E-state index in [1.54, 1.807) is 0 Å². The highest BCUT2D eigenvalue weighted by molar-refractivity contribution is 7.91. The second-order valence-corrected chi connectivity index (χ2v) is 5.13. The Morgan fingerprint density at radius 2 is 1.94 bits per heavy atom. The Kier molecular flexibility index (Phi) is 3.61. The SMILES string of the molecule is O=C(O)c1cc(F)cc(S(=O)(=O)CCO)c1. The Hall–Kier alpha value is -1.47. The van der Waals surface area contributed by atoms with E-state index in [9.17, 15) is 17.6 Å². The molecule has 1 rings (SSSR count). The van der Waals surface area contributed by atoms with Gasteiger partial charge in [0.15, 0.2) is 9.84 Å². The first-order valence-corrected chi connectivity index (χ1v) is 5.89. The van der Waals surface area contributed by atoms with E-state index < -0.39 is 44.4 Å². The molecule has 0 atom stereocenters. The van der Waals surface area contributed by atoms with Gasteiger partial charge < -0.3 is 10.2 Å². The first kappa shape index (κ1) is 12.6. The second kappa shape index (κ2) is 4.58. The van der Waals surface area contributed by atoms with E-state index in [1.165, 1.54) is 0 Å². The minimum atomic E-state index is -3.84. The molecule has 0 bridgehead atoms. The van der Waals surface area contributed by atoms with Crippen molar-refractivity contribution >= 4 is 15.8 Å². The second-order valence-electron chi connectivity index (χ2n) is 3.02. The zero-order chi connectivity index (χ0) is 12.3. The van der Waals surface area contributed by atoms with Gasteiger partial charge in [0, 0.05) is 0 Å². The molecule has 7 heteroatoms. The van der Waals surface area contributed by atoms with Crippen LogP contribution in [0.25, 0.3) is 0 Å². The third kappa shape index (κ3) is 2.77. The molecule has 2 N–H and O–H groups in total. The molecule has 1 aromatic carbocycles. The Morgan fingerprint density at radius 1 is 1.31 bits per heavy atom. The third-order valence-electron chi connectivity index (χ3n) is 1.84. The van der Waals surface area contributed by atoms with Crippen LogP contribution in [0.3, 0.4) is 0 Å². The van der Waals surface area contributed by atoms with Gasteiger partial charge in [-0.05, 0) is 18.2 Å². The summed E-state index contributed by atoms with van der Waals surface area (Å²) in [6.07, 6.45) is 0. The van der Waals surface area contributed by atoms with E-state index in [0.29, 0.717) is 0 Å². The molecule has 0 amide bonds. The molecule has 0 heterocycles. The summed E-state index contributed by atoms with van der Waals surface area (Å²) in [5, 5.41) is 17.1. The molecule has 0 saturated heterocycles. The number of hydrogen-bond donors (Lipinski definition) is 2. The number of rotatable bonds is 4. The van der Waals surface area contributed by atoms with Gasteiger partial charge in [-0.2, -0.15) is 0 Å². The maximum Gasteiger partial charge on any atom is 0.335 e. The molecule has 0 aliphatic heterocycles. The predicted octanol–water partition coefficient (Wildman–Crippen LogP) is 0.290. The molecule has 16 heavy (non-hydrogen) atoms. The fourth-order valence-electron chi connectivity index (χ4n) is 1.10. The van der Waals surface area contributed by atoms with Gasteiger partial charge in [0.1, 0.15) is 5.82 Å². The van der Waals surface area contributed by atoms with Gasteiger partial charge in [0.05, 0.1) is 22.8 Å². The number of carboxylic acids is 1. The molecule has 5 nitrogen and oxygen atoms in total. The summed E-state index contributed by atoms with van der Waals surface area (Å²) in [6.45, 7) is -0.610. The van der Waals surface area contributed by atoms with Crippen LogP contribution >= 0.6 is 0 Å². The zero-order valence-electron chi connectivity index (χ0n) is 8.05. The predicted molar refractivity (Wildman–Crippen MR) is 52.5 cm³/mol. The Balaban J connectivity index is 3.30. The summed E-state index contributed by atoms with van der Waals surface area (Å²) in [5.41, 5.74) is -0.448. The van der Waals surface area contributed by atoms with Crippen LogP contribution in [0.15, 0.2) is 23.1 Å². The molecule has 1 aromatic rings. The lowest BCUT2D eigenvalue weighted by Crippen LogP contribution is -2.11. The molecule has 0 fully saturated rings. The van der Waals surface area contributed by atoms with Crippen molar-refractivity contribution in [1.82, 2.24) is 0 Å². The van der Waals surface area contributed by atoms with Crippen LogP contribution in [-0.2, 0) is 9.84 Å². The number of aromatic carboxylic acids is 1. The normalized spacial score (nSPS) is 11.4. The monoisotopic (exact) mass is 248 g/mol. The standard InChI is InChI=1S/C9H9FO5S/c10-7-3-6(9(12)13)4-8(5-7)16(14,15)2-1-11/h3-5,11H,1-2H2,(H,12,13). The van der Waals surface area contributed by atoms with Crippen LogP contribution in [0.5, 0.6) is 0 Å². The summed E-state index contributed by atoms with van der Waals surface area (Å²) in [7, 11) is -3.84. The van der Waals surface area contributed by atoms with Crippen molar-refractivity contribution in [2.24, 2.45) is 0 Å². The molecule has 0 spiro atoms. The number of aliphatic hydroxyl groups is 1. The van der Waals surface area contributed by atoms with Crippen LogP contribution in [0.1, 0.15) is 10.4 Å². The van der Waals surface area contributed by atoms with Crippen LogP contribution in [0, 0.1) is 5.82 Å². The van der Waals surface area contributed by atoms with Gasteiger partial charge in [0.25, 0.3) is 0 Å². The Morgan fingerprint density at radius 3 is 2.44 bits per heavy atom. The minimum Gasteiger partial charge on any atom is -0.478 e. The topological polar surface area (TPSA) is 91.7 Å².